The standard InChI is InChI=1S/C29H48O2/c1-19(30)29(31)18-17-26(5)22-10-9-21-25(4)14-8-13-24(2,3)20(25)11-15-27(21,6)28(22,7)16-12-23(26)29/h20-23,31H,8-18H2,1-7H3/t20-,21+,22-,23+,25-,26+,27+,28+,29-/m0/s1. The summed E-state index contributed by atoms with van der Waals surface area (Å²) in [6, 6.07) is 0. The van der Waals surface area contributed by atoms with Gasteiger partial charge in [-0.15, -0.1) is 0 Å². The fourth-order valence-electron chi connectivity index (χ4n) is 11.8. The average molecular weight is 429 g/mol. The number of Topliss-reactive ketones (excluding diaryl/α,β-unsaturated/α-hetero) is 1. The highest BCUT2D eigenvalue weighted by Gasteiger charge is 2.72. The molecule has 0 saturated heterocycles. The van der Waals surface area contributed by atoms with E-state index in [1.165, 1.54) is 51.4 Å². The predicted octanol–water partition coefficient (Wildman–Crippen LogP) is 7.18. The number of rotatable bonds is 1. The van der Waals surface area contributed by atoms with Crippen LogP contribution in [0.2, 0.25) is 0 Å². The van der Waals surface area contributed by atoms with E-state index in [2.05, 4.69) is 41.5 Å². The Bertz CT molecular complexity index is 786. The minimum atomic E-state index is -1.06. The molecule has 0 heterocycles. The van der Waals surface area contributed by atoms with Crippen LogP contribution in [0.25, 0.3) is 0 Å². The van der Waals surface area contributed by atoms with Crippen LogP contribution in [0.1, 0.15) is 119 Å². The third-order valence-electron chi connectivity index (χ3n) is 13.4. The van der Waals surface area contributed by atoms with Gasteiger partial charge >= 0.3 is 0 Å². The van der Waals surface area contributed by atoms with Crippen LogP contribution in [-0.2, 0) is 4.79 Å². The van der Waals surface area contributed by atoms with Crippen LogP contribution < -0.4 is 0 Å². The highest BCUT2D eigenvalue weighted by atomic mass is 16.3. The molecule has 2 heteroatoms. The van der Waals surface area contributed by atoms with Crippen molar-refractivity contribution < 1.29 is 9.90 Å². The Morgan fingerprint density at radius 3 is 1.71 bits per heavy atom. The van der Waals surface area contributed by atoms with Crippen molar-refractivity contribution in [1.29, 1.82) is 0 Å². The number of carbonyl (C=O) groups is 1. The normalized spacial score (nSPS) is 57.9. The summed E-state index contributed by atoms with van der Waals surface area (Å²) in [5.41, 5.74) is 0.740. The summed E-state index contributed by atoms with van der Waals surface area (Å²) < 4.78 is 0. The second-order valence-electron chi connectivity index (χ2n) is 14.5. The van der Waals surface area contributed by atoms with Gasteiger partial charge in [0, 0.05) is 5.92 Å². The van der Waals surface area contributed by atoms with Crippen LogP contribution in [0.3, 0.4) is 0 Å². The van der Waals surface area contributed by atoms with Gasteiger partial charge < -0.3 is 5.11 Å². The first kappa shape index (κ1) is 22.4. The first-order valence-corrected chi connectivity index (χ1v) is 13.5. The lowest BCUT2D eigenvalue weighted by Crippen LogP contribution is -2.66. The molecule has 0 bridgehead atoms. The van der Waals surface area contributed by atoms with Gasteiger partial charge in [0.25, 0.3) is 0 Å². The Kier molecular flexibility index (Phi) is 4.63. The van der Waals surface area contributed by atoms with Crippen LogP contribution >= 0.6 is 0 Å². The summed E-state index contributed by atoms with van der Waals surface area (Å²) in [7, 11) is 0. The zero-order chi connectivity index (χ0) is 22.7. The Morgan fingerprint density at radius 1 is 0.645 bits per heavy atom. The van der Waals surface area contributed by atoms with E-state index in [0.717, 1.165) is 24.7 Å². The first-order chi connectivity index (χ1) is 14.3. The third kappa shape index (κ3) is 2.53. The molecule has 0 spiro atoms. The van der Waals surface area contributed by atoms with Crippen molar-refractivity contribution in [1.82, 2.24) is 0 Å². The van der Waals surface area contributed by atoms with Gasteiger partial charge in [0.05, 0.1) is 0 Å². The summed E-state index contributed by atoms with van der Waals surface area (Å²) in [6.07, 6.45) is 13.6. The van der Waals surface area contributed by atoms with Crippen LogP contribution in [0.5, 0.6) is 0 Å². The molecule has 0 amide bonds. The fourth-order valence-corrected chi connectivity index (χ4v) is 11.8. The second-order valence-corrected chi connectivity index (χ2v) is 14.5. The van der Waals surface area contributed by atoms with Crippen LogP contribution in [-0.4, -0.2) is 16.5 Å². The molecule has 176 valence electrons. The summed E-state index contributed by atoms with van der Waals surface area (Å²) in [4.78, 5) is 12.5. The monoisotopic (exact) mass is 428 g/mol. The quantitative estimate of drug-likeness (QED) is 0.480. The van der Waals surface area contributed by atoms with Gasteiger partial charge in [0.2, 0.25) is 0 Å². The number of fused-ring (bicyclic) bond motifs is 7. The van der Waals surface area contributed by atoms with Crippen LogP contribution in [0.4, 0.5) is 0 Å². The number of carbonyl (C=O) groups excluding carboxylic acids is 1. The molecule has 31 heavy (non-hydrogen) atoms. The SMILES string of the molecule is CC(=O)[C@@]1(O)CC[C@@]2(C)[C@H]1CC[C@]1(C)[C@H]2CC[C@@H]2[C@@]3(C)CCCC(C)(C)[C@@H]3CC[C@]21C. The van der Waals surface area contributed by atoms with Gasteiger partial charge in [-0.1, -0.05) is 48.0 Å². The van der Waals surface area contributed by atoms with Crippen LogP contribution in [0.15, 0.2) is 0 Å². The maximum absolute atomic E-state index is 12.5. The maximum atomic E-state index is 12.5. The molecule has 9 atom stereocenters. The molecule has 0 aromatic carbocycles. The summed E-state index contributed by atoms with van der Waals surface area (Å²) in [5.74, 6) is 2.52. The molecule has 2 nitrogen and oxygen atoms in total. The zero-order valence-corrected chi connectivity index (χ0v) is 21.4. The second kappa shape index (κ2) is 6.39. The third-order valence-corrected chi connectivity index (χ3v) is 13.4. The van der Waals surface area contributed by atoms with Crippen molar-refractivity contribution >= 4 is 5.78 Å². The number of ketones is 1. The molecule has 0 aromatic rings. The van der Waals surface area contributed by atoms with E-state index in [1.54, 1.807) is 6.92 Å². The molecule has 0 unspecified atom stereocenters. The van der Waals surface area contributed by atoms with E-state index >= 15 is 0 Å². The van der Waals surface area contributed by atoms with Crippen molar-refractivity contribution in [3.63, 3.8) is 0 Å². The van der Waals surface area contributed by atoms with Crippen molar-refractivity contribution in [2.45, 2.75) is 125 Å². The fraction of sp³-hybridized carbons (Fsp3) is 0.966. The molecular formula is C29H48O2. The summed E-state index contributed by atoms with van der Waals surface area (Å²) in [5, 5.41) is 11.4. The molecule has 5 aliphatic carbocycles. The Hall–Kier alpha value is -0.370. The summed E-state index contributed by atoms with van der Waals surface area (Å²) in [6.45, 7) is 17.2. The van der Waals surface area contributed by atoms with Gasteiger partial charge in [-0.25, -0.2) is 0 Å². The molecule has 0 radical (unpaired) electrons. The Labute approximate surface area is 191 Å². The lowest BCUT2D eigenvalue weighted by atomic mass is 9.32. The van der Waals surface area contributed by atoms with Crippen molar-refractivity contribution in [3.05, 3.63) is 0 Å². The molecule has 5 rings (SSSR count). The summed E-state index contributed by atoms with van der Waals surface area (Å²) >= 11 is 0. The zero-order valence-electron chi connectivity index (χ0n) is 21.4. The maximum Gasteiger partial charge on any atom is 0.161 e. The van der Waals surface area contributed by atoms with Gasteiger partial charge in [-0.3, -0.25) is 4.79 Å². The van der Waals surface area contributed by atoms with Gasteiger partial charge in [0.1, 0.15) is 5.60 Å². The Balaban J connectivity index is 1.54. The number of aliphatic hydroxyl groups is 1. The van der Waals surface area contributed by atoms with Crippen molar-refractivity contribution in [3.8, 4) is 0 Å². The van der Waals surface area contributed by atoms with Crippen LogP contribution in [0, 0.1) is 50.7 Å². The molecule has 0 aromatic heterocycles. The highest BCUT2D eigenvalue weighted by Crippen LogP contribution is 2.78. The van der Waals surface area contributed by atoms with Crippen molar-refractivity contribution in [2.24, 2.45) is 50.7 Å². The van der Waals surface area contributed by atoms with E-state index in [-0.39, 0.29) is 17.1 Å². The van der Waals surface area contributed by atoms with E-state index in [9.17, 15) is 9.90 Å². The molecular weight excluding hydrogens is 380 g/mol. The van der Waals surface area contributed by atoms with E-state index < -0.39 is 5.60 Å². The van der Waals surface area contributed by atoms with Gasteiger partial charge in [0.15, 0.2) is 5.78 Å². The first-order valence-electron chi connectivity index (χ1n) is 13.5. The van der Waals surface area contributed by atoms with E-state index in [0.29, 0.717) is 34.0 Å². The molecule has 5 saturated carbocycles. The van der Waals surface area contributed by atoms with Gasteiger partial charge in [-0.05, 0) is 116 Å². The molecule has 5 fully saturated rings. The lowest BCUT2D eigenvalue weighted by Gasteiger charge is -2.73. The lowest BCUT2D eigenvalue weighted by molar-refractivity contribution is -0.245. The minimum Gasteiger partial charge on any atom is -0.382 e. The van der Waals surface area contributed by atoms with Gasteiger partial charge in [-0.2, -0.15) is 0 Å². The van der Waals surface area contributed by atoms with E-state index in [1.807, 2.05) is 0 Å². The van der Waals surface area contributed by atoms with E-state index in [4.69, 9.17) is 0 Å². The number of hydrogen-bond acceptors (Lipinski definition) is 2. The average Bonchev–Trinajstić information content (AvgIpc) is 2.94. The minimum absolute atomic E-state index is 0.0159. The Morgan fingerprint density at radius 2 is 1.16 bits per heavy atom. The van der Waals surface area contributed by atoms with Crippen molar-refractivity contribution in [2.75, 3.05) is 0 Å². The molecule has 5 aliphatic rings. The largest absolute Gasteiger partial charge is 0.382 e. The highest BCUT2D eigenvalue weighted by molar-refractivity contribution is 5.85. The smallest absolute Gasteiger partial charge is 0.161 e. The topological polar surface area (TPSA) is 37.3 Å². The molecule has 1 N–H and O–H groups in total. The predicted molar refractivity (Wildman–Crippen MR) is 127 cm³/mol. The molecule has 0 aliphatic heterocycles. The number of hydrogen-bond donors (Lipinski definition) is 1.